The quantitative estimate of drug-likeness (QED) is 0.889. The van der Waals surface area contributed by atoms with Crippen molar-refractivity contribution in [2.45, 2.75) is 65.2 Å². The predicted octanol–water partition coefficient (Wildman–Crippen LogP) is 2.05. The van der Waals surface area contributed by atoms with E-state index in [1.165, 1.54) is 0 Å². The molecule has 0 aromatic heterocycles. The Hall–Kier alpha value is -2.24. The predicted molar refractivity (Wildman–Crippen MR) is 88.7 cm³/mol. The molecule has 0 saturated carbocycles. The monoisotopic (exact) mass is 336 g/mol. The van der Waals surface area contributed by atoms with Gasteiger partial charge in [-0.15, -0.1) is 0 Å². The van der Waals surface area contributed by atoms with Crippen LogP contribution in [0.4, 0.5) is 4.79 Å². The number of carboxylic acid groups (broad SMARTS) is 1. The van der Waals surface area contributed by atoms with E-state index >= 15 is 0 Å². The molecule has 1 rings (SSSR count). The lowest BCUT2D eigenvalue weighted by atomic mass is 10.1. The van der Waals surface area contributed by atoms with Crippen molar-refractivity contribution in [1.82, 2.24) is 5.32 Å². The number of ether oxygens (including phenoxy) is 2. The Morgan fingerprint density at radius 2 is 1.58 bits per heavy atom. The third-order valence-electron chi connectivity index (χ3n) is 2.76. The minimum absolute atomic E-state index is 0.0946. The maximum absolute atomic E-state index is 11.7. The summed E-state index contributed by atoms with van der Waals surface area (Å²) in [5, 5.41) is 13.6. The van der Waals surface area contributed by atoms with E-state index in [1.54, 1.807) is 45.0 Å². The molecule has 0 saturated heterocycles. The van der Waals surface area contributed by atoms with Gasteiger partial charge in [-0.2, -0.15) is 0 Å². The van der Waals surface area contributed by atoms with Crippen LogP contribution in [0.1, 0.15) is 47.1 Å². The Labute approximate surface area is 143 Å². The molecule has 0 aliphatic heterocycles. The van der Waals surface area contributed by atoms with Gasteiger partial charge in [-0.1, -0.05) is 12.1 Å². The summed E-state index contributed by atoms with van der Waals surface area (Å²) < 4.78 is 10.8. The first kappa shape index (κ1) is 19.8. The van der Waals surface area contributed by atoms with Crippen molar-refractivity contribution in [1.29, 1.82) is 0 Å². The van der Waals surface area contributed by atoms with Crippen LogP contribution in [0.25, 0.3) is 0 Å². The number of amides is 1. The highest BCUT2D eigenvalue weighted by molar-refractivity contribution is 5.79. The smallest absolute Gasteiger partial charge is 0.408 e. The van der Waals surface area contributed by atoms with Crippen LogP contribution >= 0.6 is 0 Å². The van der Waals surface area contributed by atoms with Crippen molar-refractivity contribution < 1.29 is 24.2 Å². The summed E-state index contributed by atoms with van der Waals surface area (Å²) in [6.45, 7) is 10.9. The van der Waals surface area contributed by atoms with Gasteiger partial charge in [-0.05, 0) is 65.7 Å². The van der Waals surface area contributed by atoms with E-state index in [0.717, 1.165) is 5.56 Å². The molecule has 0 radical (unpaired) electrons. The average molecular weight is 336 g/mol. The highest BCUT2D eigenvalue weighted by Gasteiger charge is 2.20. The third-order valence-corrected chi connectivity index (χ3v) is 2.76. The van der Waals surface area contributed by atoms with Gasteiger partial charge in [0.2, 0.25) is 0 Å². The van der Waals surface area contributed by atoms with E-state index in [0.29, 0.717) is 5.75 Å². The largest absolute Gasteiger partial charge is 0.548 e. The van der Waals surface area contributed by atoms with Gasteiger partial charge < -0.3 is 24.7 Å². The number of carboxylic acids is 1. The normalized spacial score (nSPS) is 13.1. The molecule has 0 bridgehead atoms. The van der Waals surface area contributed by atoms with Crippen LogP contribution < -0.4 is 15.2 Å². The number of nitrogens with one attached hydrogen (secondary N) is 1. The topological polar surface area (TPSA) is 87.7 Å². The van der Waals surface area contributed by atoms with E-state index in [-0.39, 0.29) is 12.0 Å². The van der Waals surface area contributed by atoms with Crippen LogP contribution in [0.3, 0.4) is 0 Å². The van der Waals surface area contributed by atoms with Crippen LogP contribution in [-0.4, -0.2) is 29.3 Å². The van der Waals surface area contributed by atoms with Crippen molar-refractivity contribution in [3.05, 3.63) is 29.8 Å². The lowest BCUT2D eigenvalue weighted by Gasteiger charge is -2.24. The van der Waals surface area contributed by atoms with Gasteiger partial charge in [0.15, 0.2) is 0 Å². The number of carbonyl (C=O) groups is 2. The fourth-order valence-electron chi connectivity index (χ4n) is 1.93. The second kappa shape index (κ2) is 7.55. The van der Waals surface area contributed by atoms with Crippen LogP contribution in [0.5, 0.6) is 5.75 Å². The molecule has 0 fully saturated rings. The number of hydrogen-bond donors (Lipinski definition) is 1. The number of hydrogen-bond acceptors (Lipinski definition) is 5. The fraction of sp³-hybridized carbons (Fsp3) is 0.556. The molecule has 6 heteroatoms. The number of rotatable bonds is 5. The second-order valence-electron chi connectivity index (χ2n) is 7.58. The lowest BCUT2D eigenvalue weighted by Crippen LogP contribution is -2.50. The molecule has 0 heterocycles. The minimum atomic E-state index is -1.36. The molecule has 0 aliphatic rings. The zero-order valence-corrected chi connectivity index (χ0v) is 15.1. The molecule has 0 spiro atoms. The SMILES string of the molecule is CC(C)(C)OC(=O)N[C@@H](Cc1ccc(OC(C)(C)C)cc1)C(=O)[O-]. The van der Waals surface area contributed by atoms with Gasteiger partial charge in [0.1, 0.15) is 17.0 Å². The average Bonchev–Trinajstić information content (AvgIpc) is 2.36. The van der Waals surface area contributed by atoms with Crippen molar-refractivity contribution >= 4 is 12.1 Å². The molecule has 1 amide bonds. The molecule has 1 aromatic rings. The molecule has 0 unspecified atom stereocenters. The van der Waals surface area contributed by atoms with E-state index < -0.39 is 23.7 Å². The van der Waals surface area contributed by atoms with Crippen molar-refractivity contribution in [3.63, 3.8) is 0 Å². The zero-order chi connectivity index (χ0) is 18.5. The Morgan fingerprint density at radius 1 is 1.04 bits per heavy atom. The summed E-state index contributed by atoms with van der Waals surface area (Å²) in [5.41, 5.74) is -0.277. The van der Waals surface area contributed by atoms with Crippen LogP contribution in [-0.2, 0) is 16.0 Å². The molecule has 1 N–H and O–H groups in total. The summed E-state index contributed by atoms with van der Waals surface area (Å²) >= 11 is 0. The molecule has 1 atom stereocenters. The van der Waals surface area contributed by atoms with Gasteiger partial charge in [-0.3, -0.25) is 0 Å². The van der Waals surface area contributed by atoms with Gasteiger partial charge in [0, 0.05) is 0 Å². The zero-order valence-electron chi connectivity index (χ0n) is 15.1. The Morgan fingerprint density at radius 3 is 2.00 bits per heavy atom. The number of aliphatic carboxylic acids is 1. The molecular formula is C18H26NO5-. The number of benzene rings is 1. The maximum Gasteiger partial charge on any atom is 0.408 e. The van der Waals surface area contributed by atoms with Crippen molar-refractivity contribution in [2.24, 2.45) is 0 Å². The summed E-state index contributed by atoms with van der Waals surface area (Å²) in [4.78, 5) is 23.0. The second-order valence-corrected chi connectivity index (χ2v) is 7.58. The van der Waals surface area contributed by atoms with E-state index in [4.69, 9.17) is 9.47 Å². The summed E-state index contributed by atoms with van der Waals surface area (Å²) in [6, 6.07) is 5.87. The standard InChI is InChI=1S/C18H27NO5/c1-17(2,3)23-13-9-7-12(8-10-13)11-14(15(20)21)19-16(22)24-18(4,5)6/h7-10,14H,11H2,1-6H3,(H,19,22)(H,20,21)/p-1/t14-/m0/s1. The van der Waals surface area contributed by atoms with Gasteiger partial charge in [0.05, 0.1) is 12.0 Å². The lowest BCUT2D eigenvalue weighted by molar-refractivity contribution is -0.308. The summed E-state index contributed by atoms with van der Waals surface area (Å²) in [5.74, 6) is -0.674. The first-order chi connectivity index (χ1) is 10.9. The highest BCUT2D eigenvalue weighted by atomic mass is 16.6. The first-order valence-electron chi connectivity index (χ1n) is 7.84. The summed E-state index contributed by atoms with van der Waals surface area (Å²) in [6.07, 6.45) is -0.693. The van der Waals surface area contributed by atoms with Crippen LogP contribution in [0, 0.1) is 0 Å². The molecule has 24 heavy (non-hydrogen) atoms. The highest BCUT2D eigenvalue weighted by Crippen LogP contribution is 2.19. The number of carbonyl (C=O) groups excluding carboxylic acids is 2. The van der Waals surface area contributed by atoms with Gasteiger partial charge >= 0.3 is 6.09 Å². The Balaban J connectivity index is 2.72. The maximum atomic E-state index is 11.7. The molecule has 0 aliphatic carbocycles. The number of alkyl carbamates (subject to hydrolysis) is 1. The fourth-order valence-corrected chi connectivity index (χ4v) is 1.93. The minimum Gasteiger partial charge on any atom is -0.548 e. The molecule has 1 aromatic carbocycles. The molecule has 6 nitrogen and oxygen atoms in total. The van der Waals surface area contributed by atoms with Gasteiger partial charge in [0.25, 0.3) is 0 Å². The third kappa shape index (κ3) is 7.85. The van der Waals surface area contributed by atoms with Gasteiger partial charge in [-0.25, -0.2) is 4.79 Å². The van der Waals surface area contributed by atoms with Crippen molar-refractivity contribution in [2.75, 3.05) is 0 Å². The first-order valence-corrected chi connectivity index (χ1v) is 7.84. The Bertz CT molecular complexity index is 567. The van der Waals surface area contributed by atoms with E-state index in [9.17, 15) is 14.7 Å². The molecule has 134 valence electrons. The Kier molecular flexibility index (Phi) is 6.23. The van der Waals surface area contributed by atoms with Crippen LogP contribution in [0.2, 0.25) is 0 Å². The van der Waals surface area contributed by atoms with E-state index in [1.807, 2.05) is 20.8 Å². The molecular weight excluding hydrogens is 310 g/mol. The van der Waals surface area contributed by atoms with Crippen LogP contribution in [0.15, 0.2) is 24.3 Å². The van der Waals surface area contributed by atoms with E-state index in [2.05, 4.69) is 5.32 Å². The summed E-state index contributed by atoms with van der Waals surface area (Å²) in [7, 11) is 0. The van der Waals surface area contributed by atoms with Crippen molar-refractivity contribution in [3.8, 4) is 5.75 Å².